The molecule has 0 aliphatic carbocycles. The summed E-state index contributed by atoms with van der Waals surface area (Å²) in [7, 11) is 0. The third-order valence-corrected chi connectivity index (χ3v) is 2.38. The van der Waals surface area contributed by atoms with Crippen molar-refractivity contribution in [2.45, 2.75) is 40.2 Å². The monoisotopic (exact) mass is 258 g/mol. The predicted molar refractivity (Wildman–Crippen MR) is 67.7 cm³/mol. The Morgan fingerprint density at radius 1 is 1.12 bits per heavy atom. The van der Waals surface area contributed by atoms with Gasteiger partial charge in [-0.25, -0.2) is 4.98 Å². The first-order valence-corrected chi connectivity index (χ1v) is 5.95. The van der Waals surface area contributed by atoms with E-state index in [1.54, 1.807) is 6.92 Å². The second kappa shape index (κ2) is 5.65. The highest BCUT2D eigenvalue weighted by Gasteiger charge is 2.11. The van der Waals surface area contributed by atoms with Crippen molar-refractivity contribution in [1.82, 2.24) is 9.97 Å². The lowest BCUT2D eigenvalue weighted by Gasteiger charge is -2.19. The average Bonchev–Trinajstić information content (AvgIpc) is 2.18. The summed E-state index contributed by atoms with van der Waals surface area (Å²) in [6, 6.07) is 0. The third-order valence-electron chi connectivity index (χ3n) is 2.01. The van der Waals surface area contributed by atoms with Crippen molar-refractivity contribution in [1.29, 1.82) is 0 Å². The molecule has 5 heteroatoms. The lowest BCUT2D eigenvalue weighted by Crippen LogP contribution is -2.22. The number of hydrogen-bond donors (Lipinski definition) is 0. The summed E-state index contributed by atoms with van der Waals surface area (Å²) in [4.78, 5) is 8.24. The van der Waals surface area contributed by atoms with Gasteiger partial charge in [0.25, 0.3) is 0 Å². The van der Waals surface area contributed by atoms with Gasteiger partial charge in [-0.2, -0.15) is 4.98 Å². The highest BCUT2D eigenvalue weighted by atomic mass is 35.5. The minimum absolute atomic E-state index is 0.155. The first-order chi connectivity index (χ1) is 7.79. The molecule has 0 N–H and O–H groups in total. The molecule has 1 heterocycles. The van der Waals surface area contributed by atoms with Gasteiger partial charge in [-0.05, 0) is 34.6 Å². The van der Waals surface area contributed by atoms with Crippen LogP contribution < -0.4 is 4.74 Å². The molecule has 0 atom stereocenters. The first kappa shape index (κ1) is 14.2. The zero-order chi connectivity index (χ0) is 13.1. The summed E-state index contributed by atoms with van der Waals surface area (Å²) in [5.41, 5.74) is 0.602. The van der Waals surface area contributed by atoms with Crippen molar-refractivity contribution in [3.63, 3.8) is 0 Å². The Kier molecular flexibility index (Phi) is 4.71. The molecule has 0 amide bonds. The number of aryl methyl sites for hydroxylation is 1. The van der Waals surface area contributed by atoms with E-state index in [-0.39, 0.29) is 5.60 Å². The van der Waals surface area contributed by atoms with E-state index < -0.39 is 0 Å². The predicted octanol–water partition coefficient (Wildman–Crippen LogP) is 2.94. The van der Waals surface area contributed by atoms with Crippen LogP contribution in [0.15, 0.2) is 0 Å². The Labute approximate surface area is 107 Å². The molecule has 0 fully saturated rings. The fourth-order valence-corrected chi connectivity index (χ4v) is 1.40. The molecule has 96 valence electrons. The van der Waals surface area contributed by atoms with Gasteiger partial charge in [-0.1, -0.05) is 11.6 Å². The van der Waals surface area contributed by atoms with Crippen LogP contribution in [0.25, 0.3) is 0 Å². The number of nitrogens with zero attached hydrogens (tertiary/aromatic N) is 2. The van der Waals surface area contributed by atoms with Crippen LogP contribution in [0.5, 0.6) is 5.88 Å². The number of hydrogen-bond acceptors (Lipinski definition) is 4. The van der Waals surface area contributed by atoms with Crippen LogP contribution in [-0.2, 0) is 4.74 Å². The molecule has 1 aromatic heterocycles. The molecule has 1 aromatic rings. The summed E-state index contributed by atoms with van der Waals surface area (Å²) >= 11 is 5.94. The quantitative estimate of drug-likeness (QED) is 0.615. The van der Waals surface area contributed by atoms with Gasteiger partial charge >= 0.3 is 0 Å². The van der Waals surface area contributed by atoms with Crippen LogP contribution in [0, 0.1) is 13.8 Å². The minimum atomic E-state index is -0.155. The molecular weight excluding hydrogens is 240 g/mol. The largest absolute Gasteiger partial charge is 0.475 e. The van der Waals surface area contributed by atoms with Crippen molar-refractivity contribution in [3.8, 4) is 5.88 Å². The Bertz CT molecular complexity index is 389. The van der Waals surface area contributed by atoms with Crippen molar-refractivity contribution in [2.24, 2.45) is 0 Å². The first-order valence-electron chi connectivity index (χ1n) is 5.57. The van der Waals surface area contributed by atoms with Crippen LogP contribution in [-0.4, -0.2) is 28.8 Å². The average molecular weight is 259 g/mol. The lowest BCUT2D eigenvalue weighted by molar-refractivity contribution is -0.0169. The van der Waals surface area contributed by atoms with Crippen molar-refractivity contribution >= 4 is 11.6 Å². The molecule has 0 aromatic carbocycles. The van der Waals surface area contributed by atoms with E-state index >= 15 is 0 Å². The smallest absolute Gasteiger partial charge is 0.221 e. The highest BCUT2D eigenvalue weighted by molar-refractivity contribution is 6.30. The fourth-order valence-electron chi connectivity index (χ4n) is 1.20. The normalized spacial score (nSPS) is 11.6. The van der Waals surface area contributed by atoms with E-state index in [2.05, 4.69) is 9.97 Å². The van der Waals surface area contributed by atoms with E-state index in [1.807, 2.05) is 27.7 Å². The molecule has 0 unspecified atom stereocenters. The topological polar surface area (TPSA) is 44.2 Å². The molecule has 17 heavy (non-hydrogen) atoms. The Morgan fingerprint density at radius 3 is 2.35 bits per heavy atom. The van der Waals surface area contributed by atoms with E-state index in [9.17, 15) is 0 Å². The SMILES string of the molecule is Cc1nc(Cl)c(C)c(OCCOC(C)(C)C)n1. The van der Waals surface area contributed by atoms with Crippen molar-refractivity contribution in [3.05, 3.63) is 16.5 Å². The van der Waals surface area contributed by atoms with Gasteiger partial charge < -0.3 is 9.47 Å². The van der Waals surface area contributed by atoms with Crippen LogP contribution >= 0.6 is 11.6 Å². The van der Waals surface area contributed by atoms with Gasteiger partial charge in [-0.15, -0.1) is 0 Å². The van der Waals surface area contributed by atoms with E-state index in [4.69, 9.17) is 21.1 Å². The summed E-state index contributed by atoms with van der Waals surface area (Å²) < 4.78 is 11.1. The van der Waals surface area contributed by atoms with E-state index in [1.165, 1.54) is 0 Å². The molecule has 0 spiro atoms. The Hall–Kier alpha value is -0.870. The number of halogens is 1. The van der Waals surface area contributed by atoms with E-state index in [0.717, 1.165) is 5.56 Å². The Balaban J connectivity index is 2.52. The molecule has 1 rings (SSSR count). The van der Waals surface area contributed by atoms with Crippen LogP contribution in [0.3, 0.4) is 0 Å². The maximum Gasteiger partial charge on any atom is 0.221 e. The minimum Gasteiger partial charge on any atom is -0.475 e. The molecule has 4 nitrogen and oxygen atoms in total. The summed E-state index contributed by atoms with van der Waals surface area (Å²) in [5, 5.41) is 0.434. The molecule has 0 bridgehead atoms. The van der Waals surface area contributed by atoms with Crippen molar-refractivity contribution in [2.75, 3.05) is 13.2 Å². The number of aromatic nitrogens is 2. The van der Waals surface area contributed by atoms with Crippen molar-refractivity contribution < 1.29 is 9.47 Å². The van der Waals surface area contributed by atoms with Gasteiger partial charge in [0.15, 0.2) is 0 Å². The number of ether oxygens (including phenoxy) is 2. The summed E-state index contributed by atoms with van der Waals surface area (Å²) in [6.07, 6.45) is 0. The lowest BCUT2D eigenvalue weighted by atomic mass is 10.2. The third kappa shape index (κ3) is 4.88. The second-order valence-electron chi connectivity index (χ2n) is 4.80. The summed E-state index contributed by atoms with van der Waals surface area (Å²) in [6.45, 7) is 10.6. The summed E-state index contributed by atoms with van der Waals surface area (Å²) in [5.74, 6) is 1.13. The van der Waals surface area contributed by atoms with Gasteiger partial charge in [0.05, 0.1) is 12.2 Å². The Morgan fingerprint density at radius 2 is 1.76 bits per heavy atom. The van der Waals surface area contributed by atoms with Gasteiger partial charge in [0.1, 0.15) is 17.6 Å². The molecule has 0 saturated carbocycles. The number of rotatable bonds is 4. The van der Waals surface area contributed by atoms with Gasteiger partial charge in [0.2, 0.25) is 5.88 Å². The molecule has 0 aliphatic rings. The van der Waals surface area contributed by atoms with Crippen LogP contribution in [0.1, 0.15) is 32.2 Å². The van der Waals surface area contributed by atoms with Gasteiger partial charge in [-0.3, -0.25) is 0 Å². The van der Waals surface area contributed by atoms with Gasteiger partial charge in [0, 0.05) is 5.56 Å². The maximum absolute atomic E-state index is 5.94. The second-order valence-corrected chi connectivity index (χ2v) is 5.16. The fraction of sp³-hybridized carbons (Fsp3) is 0.667. The molecule has 0 saturated heterocycles. The standard InChI is InChI=1S/C12H19ClN2O2/c1-8-10(13)14-9(2)15-11(8)16-6-7-17-12(3,4)5/h6-7H2,1-5H3. The molecule has 0 aliphatic heterocycles. The van der Waals surface area contributed by atoms with E-state index in [0.29, 0.717) is 30.1 Å². The van der Waals surface area contributed by atoms with Crippen LogP contribution in [0.4, 0.5) is 0 Å². The van der Waals surface area contributed by atoms with Crippen LogP contribution in [0.2, 0.25) is 5.15 Å². The maximum atomic E-state index is 5.94. The zero-order valence-electron chi connectivity index (χ0n) is 11.0. The highest BCUT2D eigenvalue weighted by Crippen LogP contribution is 2.21. The molecular formula is C12H19ClN2O2. The zero-order valence-corrected chi connectivity index (χ0v) is 11.8. The molecule has 0 radical (unpaired) electrons.